The number of benzene rings is 3. The number of aliphatic hydroxyl groups excluding tert-OH is 1. The van der Waals surface area contributed by atoms with E-state index in [9.17, 15) is 9.90 Å². The van der Waals surface area contributed by atoms with E-state index in [1.54, 1.807) is 6.92 Å². The van der Waals surface area contributed by atoms with Gasteiger partial charge in [0.2, 0.25) is 0 Å². The Morgan fingerprint density at radius 1 is 1.08 bits per heavy atom. The van der Waals surface area contributed by atoms with Crippen molar-refractivity contribution in [1.82, 2.24) is 19.5 Å². The molecule has 0 fully saturated rings. The molecule has 6 nitrogen and oxygen atoms in total. The maximum Gasteiger partial charge on any atom is 0.278 e. The number of fused-ring (bicyclic) bond motifs is 1. The molecule has 3 aromatic carbocycles. The molecule has 0 saturated carbocycles. The molecule has 1 atom stereocenters. The fraction of sp³-hybridized carbons (Fsp3) is 0.143. The van der Waals surface area contributed by atoms with Crippen LogP contribution in [0.1, 0.15) is 23.0 Å². The van der Waals surface area contributed by atoms with E-state index in [1.807, 2.05) is 83.7 Å². The Morgan fingerprint density at radius 2 is 1.81 bits per heavy atom. The van der Waals surface area contributed by atoms with Gasteiger partial charge in [0.15, 0.2) is 0 Å². The van der Waals surface area contributed by atoms with Gasteiger partial charge in [0, 0.05) is 37.8 Å². The van der Waals surface area contributed by atoms with E-state index in [0.29, 0.717) is 28.0 Å². The number of halogens is 2. The Bertz CT molecular complexity index is 1550. The molecule has 5 rings (SSSR count). The van der Waals surface area contributed by atoms with E-state index >= 15 is 0 Å². The van der Waals surface area contributed by atoms with Gasteiger partial charge in [-0.15, -0.1) is 0 Å². The molecule has 2 heterocycles. The van der Waals surface area contributed by atoms with Gasteiger partial charge >= 0.3 is 0 Å². The molecule has 0 radical (unpaired) electrons. The number of aromatic amines is 1. The Morgan fingerprint density at radius 3 is 2.54 bits per heavy atom. The van der Waals surface area contributed by atoms with Gasteiger partial charge in [-0.05, 0) is 54.3 Å². The van der Waals surface area contributed by atoms with E-state index in [2.05, 4.69) is 9.71 Å². The van der Waals surface area contributed by atoms with Crippen LogP contribution >= 0.6 is 35.1 Å². The summed E-state index contributed by atoms with van der Waals surface area (Å²) < 4.78 is 4.76. The number of carbonyl (C=O) groups is 1. The lowest BCUT2D eigenvalue weighted by atomic mass is 9.98. The Kier molecular flexibility index (Phi) is 7.58. The summed E-state index contributed by atoms with van der Waals surface area (Å²) in [5, 5.41) is 16.5. The Hall–Kier alpha value is -3.23. The van der Waals surface area contributed by atoms with E-state index < -0.39 is 6.10 Å². The SMILES string of the molecule is CC(O)CSNC(=O)c1[nH]c2cc(Cl)ccc2c1-c1c(-c2ccccc2)cnn1Cc1ccc(Cl)cc1. The summed E-state index contributed by atoms with van der Waals surface area (Å²) in [6.07, 6.45) is 1.29. The number of rotatable bonds is 8. The number of H-pyrrole nitrogens is 1. The Labute approximate surface area is 228 Å². The van der Waals surface area contributed by atoms with E-state index in [4.69, 9.17) is 28.3 Å². The number of nitrogens with one attached hydrogen (secondary N) is 2. The van der Waals surface area contributed by atoms with Crippen LogP contribution in [0.25, 0.3) is 33.3 Å². The molecule has 3 N–H and O–H groups in total. The summed E-state index contributed by atoms with van der Waals surface area (Å²) in [5.41, 5.74) is 5.58. The molecule has 1 amide bonds. The van der Waals surface area contributed by atoms with Crippen molar-refractivity contribution in [3.63, 3.8) is 0 Å². The lowest BCUT2D eigenvalue weighted by molar-refractivity contribution is 0.0981. The molecular formula is C28H24Cl2N4O2S. The monoisotopic (exact) mass is 550 g/mol. The molecule has 0 aliphatic heterocycles. The van der Waals surface area contributed by atoms with Crippen molar-refractivity contribution >= 4 is 52.0 Å². The number of hydrogen-bond donors (Lipinski definition) is 3. The normalized spacial score (nSPS) is 12.1. The van der Waals surface area contributed by atoms with Crippen molar-refractivity contribution in [1.29, 1.82) is 0 Å². The fourth-order valence-electron chi connectivity index (χ4n) is 4.23. The third-order valence-electron chi connectivity index (χ3n) is 5.88. The second-order valence-electron chi connectivity index (χ2n) is 8.71. The van der Waals surface area contributed by atoms with Crippen LogP contribution in [0.5, 0.6) is 0 Å². The van der Waals surface area contributed by atoms with Crippen molar-refractivity contribution in [2.75, 3.05) is 5.75 Å². The Balaban J connectivity index is 1.70. The molecule has 0 spiro atoms. The number of carbonyl (C=O) groups excluding carboxylic acids is 1. The summed E-state index contributed by atoms with van der Waals surface area (Å²) in [6.45, 7) is 2.16. The zero-order valence-electron chi connectivity index (χ0n) is 19.9. The van der Waals surface area contributed by atoms with Crippen molar-refractivity contribution in [2.24, 2.45) is 0 Å². The molecule has 188 valence electrons. The van der Waals surface area contributed by atoms with Crippen LogP contribution in [-0.2, 0) is 6.54 Å². The first-order valence-electron chi connectivity index (χ1n) is 11.7. The first-order valence-corrected chi connectivity index (χ1v) is 13.4. The van der Waals surface area contributed by atoms with Gasteiger partial charge in [-0.3, -0.25) is 14.2 Å². The minimum absolute atomic E-state index is 0.300. The van der Waals surface area contributed by atoms with Gasteiger partial charge in [0.1, 0.15) is 5.69 Å². The van der Waals surface area contributed by atoms with Crippen LogP contribution in [-0.4, -0.2) is 37.6 Å². The average molecular weight is 551 g/mol. The lowest BCUT2D eigenvalue weighted by Gasteiger charge is -2.13. The van der Waals surface area contributed by atoms with Crippen molar-refractivity contribution < 1.29 is 9.90 Å². The summed E-state index contributed by atoms with van der Waals surface area (Å²) >= 11 is 13.6. The second-order valence-corrected chi connectivity index (χ2v) is 10.4. The predicted molar refractivity (Wildman–Crippen MR) is 152 cm³/mol. The predicted octanol–water partition coefficient (Wildman–Crippen LogP) is 6.81. The van der Waals surface area contributed by atoms with Crippen LogP contribution < -0.4 is 4.72 Å². The molecule has 0 aliphatic rings. The van der Waals surface area contributed by atoms with Gasteiger partial charge in [0.05, 0.1) is 24.5 Å². The first-order chi connectivity index (χ1) is 17.9. The zero-order valence-corrected chi connectivity index (χ0v) is 22.2. The molecule has 2 aromatic heterocycles. The van der Waals surface area contributed by atoms with Crippen molar-refractivity contribution in [3.05, 3.63) is 100 Å². The third kappa shape index (κ3) is 5.55. The van der Waals surface area contributed by atoms with E-state index in [1.165, 1.54) is 0 Å². The topological polar surface area (TPSA) is 82.9 Å². The van der Waals surface area contributed by atoms with E-state index in [0.717, 1.165) is 50.8 Å². The van der Waals surface area contributed by atoms with Crippen LogP contribution in [0.4, 0.5) is 0 Å². The van der Waals surface area contributed by atoms with Crippen LogP contribution in [0.3, 0.4) is 0 Å². The number of aromatic nitrogens is 3. The highest BCUT2D eigenvalue weighted by molar-refractivity contribution is 7.98. The molecule has 37 heavy (non-hydrogen) atoms. The molecule has 1 unspecified atom stereocenters. The maximum atomic E-state index is 13.4. The second kappa shape index (κ2) is 11.0. The molecule has 0 bridgehead atoms. The summed E-state index contributed by atoms with van der Waals surface area (Å²) in [5.74, 6) is 0.0721. The number of amides is 1. The smallest absolute Gasteiger partial charge is 0.278 e. The fourth-order valence-corrected chi connectivity index (χ4v) is 5.08. The highest BCUT2D eigenvalue weighted by atomic mass is 35.5. The average Bonchev–Trinajstić information content (AvgIpc) is 3.46. The standard InChI is InChI=1S/C28H24Cl2N4O2S/c1-17(35)16-37-33-28(36)26-25(22-12-11-21(30)13-24(22)32-26)27-23(19-5-3-2-4-6-19)14-31-34(27)15-18-7-9-20(29)10-8-18/h2-14,17,32,35H,15-16H2,1H3,(H,33,36). The van der Waals surface area contributed by atoms with Crippen molar-refractivity contribution in [2.45, 2.75) is 19.6 Å². The largest absolute Gasteiger partial charge is 0.392 e. The molecule has 9 heteroatoms. The quantitative estimate of drug-likeness (QED) is 0.185. The summed E-state index contributed by atoms with van der Waals surface area (Å²) in [7, 11) is 0. The minimum atomic E-state index is -0.545. The first kappa shape index (κ1) is 25.4. The summed E-state index contributed by atoms with van der Waals surface area (Å²) in [4.78, 5) is 16.7. The maximum absolute atomic E-state index is 13.4. The molecule has 5 aromatic rings. The highest BCUT2D eigenvalue weighted by Crippen LogP contribution is 2.40. The van der Waals surface area contributed by atoms with Gasteiger partial charge in [-0.25, -0.2) is 0 Å². The van der Waals surface area contributed by atoms with E-state index in [-0.39, 0.29) is 5.91 Å². The van der Waals surface area contributed by atoms with Crippen LogP contribution in [0, 0.1) is 0 Å². The van der Waals surface area contributed by atoms with Crippen LogP contribution in [0.2, 0.25) is 10.0 Å². The molecule has 0 aliphatic carbocycles. The minimum Gasteiger partial charge on any atom is -0.392 e. The van der Waals surface area contributed by atoms with Gasteiger partial charge < -0.3 is 10.1 Å². The third-order valence-corrected chi connectivity index (χ3v) is 7.35. The van der Waals surface area contributed by atoms with Crippen LogP contribution in [0.15, 0.2) is 79.0 Å². The van der Waals surface area contributed by atoms with Crippen molar-refractivity contribution in [3.8, 4) is 22.4 Å². The van der Waals surface area contributed by atoms with Gasteiger partial charge in [-0.1, -0.05) is 71.7 Å². The number of aliphatic hydroxyl groups is 1. The highest BCUT2D eigenvalue weighted by Gasteiger charge is 2.26. The lowest BCUT2D eigenvalue weighted by Crippen LogP contribution is -2.20. The molecule has 0 saturated heterocycles. The zero-order chi connectivity index (χ0) is 25.9. The summed E-state index contributed by atoms with van der Waals surface area (Å²) in [6, 6.07) is 23.1. The van der Waals surface area contributed by atoms with Gasteiger partial charge in [0.25, 0.3) is 5.91 Å². The molecular weight excluding hydrogens is 527 g/mol. The number of hydrogen-bond acceptors (Lipinski definition) is 4. The number of nitrogens with zero attached hydrogens (tertiary/aromatic N) is 2. The van der Waals surface area contributed by atoms with Gasteiger partial charge in [-0.2, -0.15) is 5.10 Å².